The van der Waals surface area contributed by atoms with Gasteiger partial charge in [-0.2, -0.15) is 0 Å². The lowest BCUT2D eigenvalue weighted by Gasteiger charge is -2.36. The van der Waals surface area contributed by atoms with Crippen LogP contribution in [0.15, 0.2) is 18.6 Å². The summed E-state index contributed by atoms with van der Waals surface area (Å²) in [7, 11) is 0. The van der Waals surface area contributed by atoms with Gasteiger partial charge in [0.2, 0.25) is 0 Å². The van der Waals surface area contributed by atoms with Gasteiger partial charge in [-0.05, 0) is 45.1 Å². The molecule has 0 atom stereocenters. The number of fused-ring (bicyclic) bond motifs is 1. The fourth-order valence-electron chi connectivity index (χ4n) is 3.47. The summed E-state index contributed by atoms with van der Waals surface area (Å²) >= 11 is 0. The molecule has 2 aromatic heterocycles. The lowest BCUT2D eigenvalue weighted by molar-refractivity contribution is 0.0236. The Hall–Kier alpha value is -2.31. The van der Waals surface area contributed by atoms with E-state index in [1.165, 1.54) is 0 Å². The third kappa shape index (κ3) is 3.55. The molecule has 7 nitrogen and oxygen atoms in total. The Bertz CT molecular complexity index is 689. The van der Waals surface area contributed by atoms with Gasteiger partial charge in [-0.25, -0.2) is 14.8 Å². The molecule has 1 fully saturated rings. The minimum Gasteiger partial charge on any atom is -0.444 e. The molecule has 1 aliphatic rings. The van der Waals surface area contributed by atoms with E-state index >= 15 is 0 Å². The molecule has 0 spiro atoms. The molecule has 0 bridgehead atoms. The van der Waals surface area contributed by atoms with Crippen LogP contribution in [-0.4, -0.2) is 39.7 Å². The Morgan fingerprint density at radius 2 is 2.17 bits per heavy atom. The van der Waals surface area contributed by atoms with E-state index in [2.05, 4.69) is 19.9 Å². The molecule has 0 aliphatic carbocycles. The van der Waals surface area contributed by atoms with Crippen molar-refractivity contribution in [3.05, 3.63) is 18.6 Å². The number of primary amides is 1. The minimum absolute atomic E-state index is 0.512. The van der Waals surface area contributed by atoms with E-state index in [1.807, 2.05) is 26.1 Å². The van der Waals surface area contributed by atoms with Crippen LogP contribution >= 0.6 is 0 Å². The van der Waals surface area contributed by atoms with Crippen LogP contribution in [0.1, 0.15) is 33.1 Å². The first-order valence-corrected chi connectivity index (χ1v) is 7.96. The van der Waals surface area contributed by atoms with Crippen molar-refractivity contribution in [2.24, 2.45) is 11.7 Å². The van der Waals surface area contributed by atoms with Crippen LogP contribution in [0.25, 0.3) is 11.0 Å². The zero-order valence-electron chi connectivity index (χ0n) is 13.6. The van der Waals surface area contributed by atoms with Gasteiger partial charge in [0.15, 0.2) is 0 Å². The van der Waals surface area contributed by atoms with Crippen LogP contribution < -0.4 is 10.6 Å². The molecule has 3 N–H and O–H groups in total. The second-order valence-corrected chi connectivity index (χ2v) is 6.75. The molecule has 3 rings (SSSR count). The molecule has 23 heavy (non-hydrogen) atoms. The maximum absolute atomic E-state index is 11.0. The van der Waals surface area contributed by atoms with Crippen LogP contribution in [0.2, 0.25) is 0 Å². The van der Waals surface area contributed by atoms with Gasteiger partial charge in [0.1, 0.15) is 23.4 Å². The van der Waals surface area contributed by atoms with E-state index in [0.717, 1.165) is 49.2 Å². The van der Waals surface area contributed by atoms with E-state index in [9.17, 15) is 4.79 Å². The smallest absolute Gasteiger partial charge is 0.405 e. The number of nitrogens with two attached hydrogens (primary N) is 1. The Morgan fingerprint density at radius 3 is 2.87 bits per heavy atom. The predicted octanol–water partition coefficient (Wildman–Crippen LogP) is 2.44. The van der Waals surface area contributed by atoms with Crippen molar-refractivity contribution in [2.45, 2.75) is 38.7 Å². The molecule has 124 valence electrons. The maximum atomic E-state index is 11.0. The highest BCUT2D eigenvalue weighted by Gasteiger charge is 2.29. The number of carbonyl (C=O) groups excluding carboxylic acids is 1. The second kappa shape index (κ2) is 6.06. The summed E-state index contributed by atoms with van der Waals surface area (Å²) in [5, 5.41) is 1.06. The van der Waals surface area contributed by atoms with E-state index in [-0.39, 0.29) is 0 Å². The Morgan fingerprint density at radius 1 is 1.43 bits per heavy atom. The van der Waals surface area contributed by atoms with Crippen LogP contribution in [-0.2, 0) is 4.74 Å². The summed E-state index contributed by atoms with van der Waals surface area (Å²) in [6.07, 6.45) is 5.70. The number of piperidine rings is 1. The number of aromatic nitrogens is 3. The van der Waals surface area contributed by atoms with Crippen molar-refractivity contribution in [1.82, 2.24) is 15.0 Å². The Balaban J connectivity index is 1.62. The zero-order valence-corrected chi connectivity index (χ0v) is 13.6. The molecule has 7 heteroatoms. The summed E-state index contributed by atoms with van der Waals surface area (Å²) < 4.78 is 5.20. The molecule has 1 saturated heterocycles. The van der Waals surface area contributed by atoms with Crippen molar-refractivity contribution in [3.63, 3.8) is 0 Å². The molecule has 2 aromatic rings. The van der Waals surface area contributed by atoms with Gasteiger partial charge < -0.3 is 20.4 Å². The first-order chi connectivity index (χ1) is 10.9. The quantitative estimate of drug-likeness (QED) is 0.902. The van der Waals surface area contributed by atoms with Crippen LogP contribution in [0.4, 0.5) is 10.6 Å². The average molecular weight is 317 g/mol. The van der Waals surface area contributed by atoms with Crippen molar-refractivity contribution < 1.29 is 9.53 Å². The third-order valence-corrected chi connectivity index (χ3v) is 4.40. The molecule has 0 unspecified atom stereocenters. The zero-order chi connectivity index (χ0) is 16.4. The maximum Gasteiger partial charge on any atom is 0.405 e. The highest BCUT2D eigenvalue weighted by molar-refractivity contribution is 5.87. The van der Waals surface area contributed by atoms with Gasteiger partial charge in [0.05, 0.1) is 5.39 Å². The number of ether oxygens (including phenoxy) is 1. The molecular weight excluding hydrogens is 294 g/mol. The summed E-state index contributed by atoms with van der Waals surface area (Å²) in [5.74, 6) is 1.51. The molecule has 0 radical (unpaired) electrons. The lowest BCUT2D eigenvalue weighted by atomic mass is 9.86. The summed E-state index contributed by atoms with van der Waals surface area (Å²) in [6, 6.07) is 2.01. The number of nitrogens with one attached hydrogen (secondary N) is 1. The van der Waals surface area contributed by atoms with Crippen LogP contribution in [0.5, 0.6) is 0 Å². The fourth-order valence-corrected chi connectivity index (χ4v) is 3.47. The van der Waals surface area contributed by atoms with Gasteiger partial charge in [-0.3, -0.25) is 0 Å². The molecule has 0 saturated carbocycles. The molecule has 1 amide bonds. The number of aromatic amines is 1. The van der Waals surface area contributed by atoms with Gasteiger partial charge in [-0.15, -0.1) is 0 Å². The van der Waals surface area contributed by atoms with Crippen molar-refractivity contribution in [2.75, 3.05) is 18.0 Å². The van der Waals surface area contributed by atoms with E-state index < -0.39 is 11.7 Å². The van der Waals surface area contributed by atoms with Gasteiger partial charge >= 0.3 is 6.09 Å². The largest absolute Gasteiger partial charge is 0.444 e. The highest BCUT2D eigenvalue weighted by atomic mass is 16.6. The van der Waals surface area contributed by atoms with Crippen molar-refractivity contribution in [3.8, 4) is 0 Å². The lowest BCUT2D eigenvalue weighted by Crippen LogP contribution is -2.39. The first kappa shape index (κ1) is 15.6. The summed E-state index contributed by atoms with van der Waals surface area (Å²) in [5.41, 5.74) is 5.49. The SMILES string of the molecule is CC(C)(CC1CCN(c2ncnc3[nH]ccc23)CC1)OC(N)=O. The van der Waals surface area contributed by atoms with Crippen molar-refractivity contribution in [1.29, 1.82) is 0 Å². The number of hydrogen-bond donors (Lipinski definition) is 2. The normalized spacial score (nSPS) is 16.7. The summed E-state index contributed by atoms with van der Waals surface area (Å²) in [6.45, 7) is 5.71. The molecular formula is C16H23N5O2. The van der Waals surface area contributed by atoms with E-state index in [1.54, 1.807) is 6.33 Å². The number of carbonyl (C=O) groups is 1. The second-order valence-electron chi connectivity index (χ2n) is 6.75. The third-order valence-electron chi connectivity index (χ3n) is 4.40. The number of anilines is 1. The predicted molar refractivity (Wildman–Crippen MR) is 88.2 cm³/mol. The summed E-state index contributed by atoms with van der Waals surface area (Å²) in [4.78, 5) is 25.1. The van der Waals surface area contributed by atoms with Gasteiger partial charge in [0, 0.05) is 19.3 Å². The number of H-pyrrole nitrogens is 1. The van der Waals surface area contributed by atoms with Gasteiger partial charge in [-0.1, -0.05) is 0 Å². The van der Waals surface area contributed by atoms with Crippen molar-refractivity contribution >= 4 is 22.9 Å². The van der Waals surface area contributed by atoms with Gasteiger partial charge in [0.25, 0.3) is 0 Å². The van der Waals surface area contributed by atoms with Crippen LogP contribution in [0.3, 0.4) is 0 Å². The minimum atomic E-state index is -0.705. The monoisotopic (exact) mass is 317 g/mol. The number of amides is 1. The standard InChI is InChI=1S/C16H23N5O2/c1-16(2,23-15(17)22)9-11-4-7-21(8-5-11)14-12-3-6-18-13(12)19-10-20-14/h3,6,10-11H,4-5,7-9H2,1-2H3,(H2,17,22)(H,18,19,20). The molecule has 0 aromatic carbocycles. The number of rotatable bonds is 4. The number of hydrogen-bond acceptors (Lipinski definition) is 5. The Labute approximate surface area is 135 Å². The van der Waals surface area contributed by atoms with Crippen LogP contribution in [0, 0.1) is 5.92 Å². The number of nitrogens with zero attached hydrogens (tertiary/aromatic N) is 3. The topological polar surface area (TPSA) is 97.1 Å². The molecule has 3 heterocycles. The van der Waals surface area contributed by atoms with E-state index in [4.69, 9.17) is 10.5 Å². The first-order valence-electron chi connectivity index (χ1n) is 7.96. The molecule has 1 aliphatic heterocycles. The average Bonchev–Trinajstić information content (AvgIpc) is 2.94. The van der Waals surface area contributed by atoms with E-state index in [0.29, 0.717) is 5.92 Å². The highest BCUT2D eigenvalue weighted by Crippen LogP contribution is 2.31. The fraction of sp³-hybridized carbons (Fsp3) is 0.562. The Kier molecular flexibility index (Phi) is 4.11.